The molecule has 9 heteroatoms. The van der Waals surface area contributed by atoms with Gasteiger partial charge in [-0.15, -0.1) is 0 Å². The van der Waals surface area contributed by atoms with Crippen LogP contribution < -0.4 is 5.32 Å². The first-order chi connectivity index (χ1) is 17.6. The van der Waals surface area contributed by atoms with Crippen LogP contribution in [0.4, 0.5) is 5.69 Å². The molecule has 0 aliphatic carbocycles. The lowest BCUT2D eigenvalue weighted by molar-refractivity contribution is 0.102. The van der Waals surface area contributed by atoms with Crippen molar-refractivity contribution in [2.45, 2.75) is 52.4 Å². The number of aromatic nitrogens is 3. The molecule has 1 aliphatic rings. The van der Waals surface area contributed by atoms with Crippen molar-refractivity contribution in [3.8, 4) is 11.1 Å². The van der Waals surface area contributed by atoms with Crippen LogP contribution in [0.25, 0.3) is 16.8 Å². The van der Waals surface area contributed by atoms with E-state index >= 15 is 0 Å². The Morgan fingerprint density at radius 3 is 2.35 bits per heavy atom. The smallest absolute Gasteiger partial charge is 0.276 e. The summed E-state index contributed by atoms with van der Waals surface area (Å²) < 4.78 is 30.2. The van der Waals surface area contributed by atoms with Crippen LogP contribution in [0.5, 0.6) is 0 Å². The van der Waals surface area contributed by atoms with Gasteiger partial charge in [0, 0.05) is 30.2 Å². The number of anilines is 1. The lowest BCUT2D eigenvalue weighted by atomic mass is 10.0. The fourth-order valence-electron chi connectivity index (χ4n) is 4.90. The molecule has 37 heavy (non-hydrogen) atoms. The Morgan fingerprint density at radius 1 is 0.919 bits per heavy atom. The van der Waals surface area contributed by atoms with E-state index in [0.717, 1.165) is 35.4 Å². The zero-order valence-electron chi connectivity index (χ0n) is 21.8. The number of nitrogens with one attached hydrogen (secondary N) is 1. The first kappa shape index (κ1) is 25.1. The van der Waals surface area contributed by atoms with Crippen molar-refractivity contribution in [2.24, 2.45) is 0 Å². The molecule has 0 spiro atoms. The number of aryl methyl sites for hydroxylation is 5. The number of carbonyl (C=O) groups excluding carboxylic acids is 1. The van der Waals surface area contributed by atoms with E-state index < -0.39 is 10.0 Å². The Morgan fingerprint density at radius 2 is 1.62 bits per heavy atom. The minimum absolute atomic E-state index is 0.190. The Hall–Kier alpha value is -3.56. The molecule has 1 amide bonds. The molecule has 192 valence electrons. The number of carbonyl (C=O) groups is 1. The summed E-state index contributed by atoms with van der Waals surface area (Å²) in [6.07, 6.45) is 1.72. The summed E-state index contributed by atoms with van der Waals surface area (Å²) in [7, 11) is -3.66. The summed E-state index contributed by atoms with van der Waals surface area (Å²) in [6.45, 7) is 10.5. The van der Waals surface area contributed by atoms with Crippen molar-refractivity contribution in [3.63, 3.8) is 0 Å². The summed E-state index contributed by atoms with van der Waals surface area (Å²) >= 11 is 0. The first-order valence-corrected chi connectivity index (χ1v) is 13.9. The van der Waals surface area contributed by atoms with Crippen molar-refractivity contribution < 1.29 is 13.2 Å². The van der Waals surface area contributed by atoms with E-state index in [2.05, 4.69) is 10.4 Å². The molecule has 2 aromatic heterocycles. The molecular weight excluding hydrogens is 486 g/mol. The molecule has 0 saturated carbocycles. The van der Waals surface area contributed by atoms with Gasteiger partial charge in [-0.2, -0.15) is 9.40 Å². The van der Waals surface area contributed by atoms with Gasteiger partial charge in [-0.1, -0.05) is 24.3 Å². The second-order valence-corrected chi connectivity index (χ2v) is 11.8. The lowest BCUT2D eigenvalue weighted by Gasteiger charge is -2.18. The Bertz CT molecular complexity index is 1650. The van der Waals surface area contributed by atoms with Crippen LogP contribution in [0, 0.1) is 34.6 Å². The SMILES string of the molecule is Cc1ccc(C)c(NC(=O)c2nn3c(C)cc(C)nc3c2-c2ccc(C)c(S(=O)(=O)N3CCCC3)c2)c1. The highest BCUT2D eigenvalue weighted by Crippen LogP contribution is 2.33. The highest BCUT2D eigenvalue weighted by atomic mass is 32.2. The molecule has 4 aromatic rings. The number of fused-ring (bicyclic) bond motifs is 1. The van der Waals surface area contributed by atoms with Crippen molar-refractivity contribution in [1.82, 2.24) is 18.9 Å². The van der Waals surface area contributed by atoms with Crippen LogP contribution >= 0.6 is 0 Å². The van der Waals surface area contributed by atoms with E-state index in [1.165, 1.54) is 4.31 Å². The maximum absolute atomic E-state index is 13.7. The van der Waals surface area contributed by atoms with Crippen molar-refractivity contribution >= 4 is 27.3 Å². The Kier molecular flexibility index (Phi) is 6.37. The van der Waals surface area contributed by atoms with Gasteiger partial charge >= 0.3 is 0 Å². The zero-order chi connectivity index (χ0) is 26.5. The third kappa shape index (κ3) is 4.53. The quantitative estimate of drug-likeness (QED) is 0.403. The number of amides is 1. The van der Waals surface area contributed by atoms with Gasteiger partial charge in [0.15, 0.2) is 11.3 Å². The van der Waals surface area contributed by atoms with E-state index in [4.69, 9.17) is 4.98 Å². The highest BCUT2D eigenvalue weighted by molar-refractivity contribution is 7.89. The van der Waals surface area contributed by atoms with Crippen LogP contribution in [0.15, 0.2) is 47.4 Å². The lowest BCUT2D eigenvalue weighted by Crippen LogP contribution is -2.28. The van der Waals surface area contributed by atoms with Gasteiger partial charge in [0.25, 0.3) is 5.91 Å². The van der Waals surface area contributed by atoms with E-state index in [0.29, 0.717) is 41.1 Å². The number of sulfonamides is 1. The van der Waals surface area contributed by atoms with Crippen molar-refractivity contribution in [1.29, 1.82) is 0 Å². The first-order valence-electron chi connectivity index (χ1n) is 12.4. The third-order valence-corrected chi connectivity index (χ3v) is 8.95. The molecule has 1 N–H and O–H groups in total. The van der Waals surface area contributed by atoms with Crippen molar-refractivity contribution in [3.05, 3.63) is 76.2 Å². The third-order valence-electron chi connectivity index (χ3n) is 6.91. The van der Waals surface area contributed by atoms with Gasteiger partial charge in [-0.25, -0.2) is 17.9 Å². The molecule has 3 heterocycles. The monoisotopic (exact) mass is 517 g/mol. The molecule has 0 atom stereocenters. The highest BCUT2D eigenvalue weighted by Gasteiger charge is 2.30. The van der Waals surface area contributed by atoms with E-state index in [9.17, 15) is 13.2 Å². The molecule has 0 radical (unpaired) electrons. The number of nitrogens with zero attached hydrogens (tertiary/aromatic N) is 4. The summed E-state index contributed by atoms with van der Waals surface area (Å²) in [6, 6.07) is 13.1. The minimum Gasteiger partial charge on any atom is -0.320 e. The van der Waals surface area contributed by atoms with Crippen LogP contribution in [-0.2, 0) is 10.0 Å². The Balaban J connectivity index is 1.69. The summed E-state index contributed by atoms with van der Waals surface area (Å²) in [5, 5.41) is 7.66. The van der Waals surface area contributed by atoms with Crippen LogP contribution in [0.3, 0.4) is 0 Å². The molecule has 5 rings (SSSR count). The normalized spacial score (nSPS) is 14.4. The predicted octanol–water partition coefficient (Wildman–Crippen LogP) is 4.98. The standard InChI is InChI=1S/C28H31N5O3S/c1-17-8-9-18(2)23(14-17)30-28(34)26-25(27-29-20(4)15-21(5)33(27)31-26)22-11-10-19(3)24(16-22)37(35,36)32-12-6-7-13-32/h8-11,14-16H,6-7,12-13H2,1-5H3,(H,30,34). The Labute approximate surface area is 217 Å². The predicted molar refractivity (Wildman–Crippen MR) is 144 cm³/mol. The summed E-state index contributed by atoms with van der Waals surface area (Å²) in [5.74, 6) is -0.379. The average Bonchev–Trinajstić information content (AvgIpc) is 3.51. The number of rotatable bonds is 5. The van der Waals surface area contributed by atoms with Gasteiger partial charge in [0.2, 0.25) is 10.0 Å². The molecule has 2 aromatic carbocycles. The van der Waals surface area contributed by atoms with E-state index in [1.807, 2.05) is 58.0 Å². The largest absolute Gasteiger partial charge is 0.320 e. The second kappa shape index (κ2) is 9.39. The number of hydrogen-bond donors (Lipinski definition) is 1. The molecule has 1 fully saturated rings. The fraction of sp³-hybridized carbons (Fsp3) is 0.321. The van der Waals surface area contributed by atoms with Crippen molar-refractivity contribution in [2.75, 3.05) is 18.4 Å². The van der Waals surface area contributed by atoms with Gasteiger partial charge in [0.05, 0.1) is 10.5 Å². The maximum atomic E-state index is 13.7. The van der Waals surface area contributed by atoms with Crippen LogP contribution in [0.2, 0.25) is 0 Å². The van der Waals surface area contributed by atoms with Gasteiger partial charge in [-0.05, 0) is 87.9 Å². The topological polar surface area (TPSA) is 96.7 Å². The summed E-state index contributed by atoms with van der Waals surface area (Å²) in [5.41, 5.74) is 6.73. The molecule has 0 unspecified atom stereocenters. The minimum atomic E-state index is -3.66. The van der Waals surface area contributed by atoms with Crippen LogP contribution in [-0.4, -0.2) is 46.3 Å². The second-order valence-electron chi connectivity index (χ2n) is 9.86. The zero-order valence-corrected chi connectivity index (χ0v) is 22.6. The molecule has 1 aliphatic heterocycles. The average molecular weight is 518 g/mol. The maximum Gasteiger partial charge on any atom is 0.276 e. The van der Waals surface area contributed by atoms with E-state index in [1.54, 1.807) is 23.6 Å². The van der Waals surface area contributed by atoms with Crippen LogP contribution in [0.1, 0.15) is 51.4 Å². The van der Waals surface area contributed by atoms with Gasteiger partial charge < -0.3 is 5.32 Å². The molecular formula is C28H31N5O3S. The fourth-order valence-corrected chi connectivity index (χ4v) is 6.67. The summed E-state index contributed by atoms with van der Waals surface area (Å²) in [4.78, 5) is 18.6. The van der Waals surface area contributed by atoms with E-state index in [-0.39, 0.29) is 16.5 Å². The number of hydrogen-bond acceptors (Lipinski definition) is 5. The molecule has 1 saturated heterocycles. The molecule has 8 nitrogen and oxygen atoms in total. The van der Waals surface area contributed by atoms with Gasteiger partial charge in [-0.3, -0.25) is 4.79 Å². The number of benzene rings is 2. The van der Waals surface area contributed by atoms with Gasteiger partial charge in [0.1, 0.15) is 0 Å². The molecule has 0 bridgehead atoms.